The van der Waals surface area contributed by atoms with Crippen LogP contribution in [0.3, 0.4) is 0 Å². The average molecular weight is 264 g/mol. The maximum atomic E-state index is 13.3. The highest BCUT2D eigenvalue weighted by Crippen LogP contribution is 2.33. The lowest BCUT2D eigenvalue weighted by Crippen LogP contribution is -1.93. The van der Waals surface area contributed by atoms with E-state index in [1.165, 1.54) is 6.07 Å². The first-order valence-corrected chi connectivity index (χ1v) is 6.94. The van der Waals surface area contributed by atoms with E-state index in [-0.39, 0.29) is 11.7 Å². The molecular weight excluding hydrogens is 247 g/mol. The van der Waals surface area contributed by atoms with Gasteiger partial charge in [-0.05, 0) is 29.7 Å². The smallest absolute Gasteiger partial charge is 0.148 e. The molecule has 1 heterocycles. The lowest BCUT2D eigenvalue weighted by Gasteiger charge is -2.10. The minimum atomic E-state index is -0.198. The van der Waals surface area contributed by atoms with E-state index in [2.05, 4.69) is 37.9 Å². The Hall–Kier alpha value is -1.29. The van der Waals surface area contributed by atoms with Crippen molar-refractivity contribution in [3.63, 3.8) is 0 Å². The molecule has 2 rings (SSSR count). The maximum absolute atomic E-state index is 13.3. The van der Waals surface area contributed by atoms with Gasteiger partial charge in [-0.25, -0.2) is 4.39 Å². The van der Waals surface area contributed by atoms with E-state index in [0.29, 0.717) is 5.92 Å². The predicted octanol–water partition coefficient (Wildman–Crippen LogP) is 4.59. The highest BCUT2D eigenvalue weighted by Gasteiger charge is 2.15. The van der Waals surface area contributed by atoms with E-state index < -0.39 is 0 Å². The van der Waals surface area contributed by atoms with Crippen molar-refractivity contribution in [2.75, 3.05) is 0 Å². The van der Waals surface area contributed by atoms with Crippen LogP contribution in [0.5, 0.6) is 0 Å². The summed E-state index contributed by atoms with van der Waals surface area (Å²) in [6, 6.07) is 4.88. The van der Waals surface area contributed by atoms with Crippen molar-refractivity contribution in [1.82, 2.24) is 10.2 Å². The number of halogens is 1. The van der Waals surface area contributed by atoms with Gasteiger partial charge < -0.3 is 0 Å². The summed E-state index contributed by atoms with van der Waals surface area (Å²) in [7, 11) is 0. The molecule has 2 nitrogen and oxygen atoms in total. The van der Waals surface area contributed by atoms with Crippen LogP contribution in [-0.2, 0) is 0 Å². The van der Waals surface area contributed by atoms with E-state index in [9.17, 15) is 4.39 Å². The Bertz CT molecular complexity index is 546. The number of nitrogens with zero attached hydrogens (tertiary/aromatic N) is 2. The van der Waals surface area contributed by atoms with Crippen molar-refractivity contribution in [3.8, 4) is 10.6 Å². The second-order valence-corrected chi connectivity index (χ2v) is 6.00. The standard InChI is InChI=1S/C14H17FN2S/c1-8(2)12-7-10(15)5-6-11(12)14-17-16-13(18-14)9(3)4/h5-9H,1-4H3. The van der Waals surface area contributed by atoms with Crippen molar-refractivity contribution >= 4 is 11.3 Å². The van der Waals surface area contributed by atoms with Crippen LogP contribution in [0, 0.1) is 5.82 Å². The van der Waals surface area contributed by atoms with E-state index >= 15 is 0 Å². The molecule has 18 heavy (non-hydrogen) atoms. The Balaban J connectivity index is 2.49. The van der Waals surface area contributed by atoms with E-state index in [1.54, 1.807) is 23.5 Å². The van der Waals surface area contributed by atoms with Gasteiger partial charge in [0.15, 0.2) is 0 Å². The summed E-state index contributed by atoms with van der Waals surface area (Å²) < 4.78 is 13.3. The average Bonchev–Trinajstić information content (AvgIpc) is 2.78. The van der Waals surface area contributed by atoms with Gasteiger partial charge in [0.2, 0.25) is 0 Å². The zero-order valence-electron chi connectivity index (χ0n) is 11.1. The topological polar surface area (TPSA) is 25.8 Å². The normalized spacial score (nSPS) is 11.5. The molecule has 0 bridgehead atoms. The number of aromatic nitrogens is 2. The summed E-state index contributed by atoms with van der Waals surface area (Å²) in [5, 5.41) is 10.3. The fraction of sp³-hybridized carbons (Fsp3) is 0.429. The molecule has 96 valence electrons. The van der Waals surface area contributed by atoms with E-state index in [4.69, 9.17) is 0 Å². The second kappa shape index (κ2) is 5.14. The lowest BCUT2D eigenvalue weighted by atomic mass is 9.97. The van der Waals surface area contributed by atoms with Crippen LogP contribution in [0.15, 0.2) is 18.2 Å². The maximum Gasteiger partial charge on any atom is 0.148 e. The van der Waals surface area contributed by atoms with Crippen molar-refractivity contribution in [1.29, 1.82) is 0 Å². The minimum absolute atomic E-state index is 0.198. The molecule has 0 saturated carbocycles. The van der Waals surface area contributed by atoms with Crippen molar-refractivity contribution in [3.05, 3.63) is 34.6 Å². The van der Waals surface area contributed by atoms with Gasteiger partial charge in [0.1, 0.15) is 15.8 Å². The van der Waals surface area contributed by atoms with Crippen LogP contribution in [-0.4, -0.2) is 10.2 Å². The predicted molar refractivity (Wildman–Crippen MR) is 73.5 cm³/mol. The summed E-state index contributed by atoms with van der Waals surface area (Å²) in [6.45, 7) is 8.31. The van der Waals surface area contributed by atoms with Gasteiger partial charge in [-0.3, -0.25) is 0 Å². The quantitative estimate of drug-likeness (QED) is 0.810. The molecule has 0 aliphatic heterocycles. The van der Waals surface area contributed by atoms with Crippen LogP contribution >= 0.6 is 11.3 Å². The molecule has 2 aromatic rings. The molecule has 1 aromatic carbocycles. The Morgan fingerprint density at radius 2 is 1.78 bits per heavy atom. The van der Waals surface area contributed by atoms with Crippen molar-refractivity contribution in [2.24, 2.45) is 0 Å². The van der Waals surface area contributed by atoms with E-state index in [0.717, 1.165) is 21.1 Å². The summed E-state index contributed by atoms with van der Waals surface area (Å²) in [5.74, 6) is 0.442. The van der Waals surface area contributed by atoms with Crippen molar-refractivity contribution in [2.45, 2.75) is 39.5 Å². The summed E-state index contributed by atoms with van der Waals surface area (Å²) >= 11 is 1.59. The van der Waals surface area contributed by atoms with Crippen LogP contribution in [0.1, 0.15) is 50.1 Å². The Morgan fingerprint density at radius 1 is 1.06 bits per heavy atom. The molecular formula is C14H17FN2S. The molecule has 0 N–H and O–H groups in total. The van der Waals surface area contributed by atoms with Crippen molar-refractivity contribution < 1.29 is 4.39 Å². The molecule has 0 fully saturated rings. The van der Waals surface area contributed by atoms with Gasteiger partial charge in [-0.2, -0.15) is 0 Å². The van der Waals surface area contributed by atoms with Gasteiger partial charge in [-0.15, -0.1) is 10.2 Å². The monoisotopic (exact) mass is 264 g/mol. The third kappa shape index (κ3) is 2.58. The third-order valence-corrected chi connectivity index (χ3v) is 4.06. The zero-order valence-corrected chi connectivity index (χ0v) is 11.9. The second-order valence-electron chi connectivity index (χ2n) is 4.99. The molecule has 0 amide bonds. The van der Waals surface area contributed by atoms with Gasteiger partial charge in [0.05, 0.1) is 0 Å². The Morgan fingerprint density at radius 3 is 2.33 bits per heavy atom. The first kappa shape index (κ1) is 13.1. The zero-order chi connectivity index (χ0) is 13.3. The molecule has 0 atom stereocenters. The summed E-state index contributed by atoms with van der Waals surface area (Å²) in [5.41, 5.74) is 1.98. The molecule has 0 saturated heterocycles. The minimum Gasteiger partial charge on any atom is -0.207 e. The van der Waals surface area contributed by atoms with Gasteiger partial charge in [0.25, 0.3) is 0 Å². The molecule has 0 unspecified atom stereocenters. The number of benzene rings is 1. The van der Waals surface area contributed by atoms with Crippen LogP contribution in [0.2, 0.25) is 0 Å². The fourth-order valence-corrected chi connectivity index (χ4v) is 2.68. The van der Waals surface area contributed by atoms with Gasteiger partial charge in [-0.1, -0.05) is 39.0 Å². The SMILES string of the molecule is CC(C)c1nnc(-c2ccc(F)cc2C(C)C)s1. The summed E-state index contributed by atoms with van der Waals surface area (Å²) in [4.78, 5) is 0. The first-order valence-electron chi connectivity index (χ1n) is 6.12. The van der Waals surface area contributed by atoms with Crippen LogP contribution < -0.4 is 0 Å². The molecule has 4 heteroatoms. The fourth-order valence-electron chi connectivity index (χ4n) is 1.78. The largest absolute Gasteiger partial charge is 0.207 e. The highest BCUT2D eigenvalue weighted by molar-refractivity contribution is 7.14. The number of rotatable bonds is 3. The highest BCUT2D eigenvalue weighted by atomic mass is 32.1. The molecule has 0 radical (unpaired) electrons. The van der Waals surface area contributed by atoms with E-state index in [1.807, 2.05) is 0 Å². The molecule has 0 spiro atoms. The number of hydrogen-bond donors (Lipinski definition) is 0. The molecule has 1 aromatic heterocycles. The van der Waals surface area contributed by atoms with Crippen LogP contribution in [0.4, 0.5) is 4.39 Å². The van der Waals surface area contributed by atoms with Gasteiger partial charge >= 0.3 is 0 Å². The van der Waals surface area contributed by atoms with Gasteiger partial charge in [0, 0.05) is 11.5 Å². The summed E-state index contributed by atoms with van der Waals surface area (Å²) in [6.07, 6.45) is 0. The third-order valence-electron chi connectivity index (χ3n) is 2.80. The molecule has 0 aliphatic rings. The number of hydrogen-bond acceptors (Lipinski definition) is 3. The Labute approximate surface area is 111 Å². The first-order chi connectivity index (χ1) is 8.49. The lowest BCUT2D eigenvalue weighted by molar-refractivity contribution is 0.623. The Kier molecular flexibility index (Phi) is 3.76. The molecule has 0 aliphatic carbocycles. The van der Waals surface area contributed by atoms with Crippen LogP contribution in [0.25, 0.3) is 10.6 Å².